The second-order valence-corrected chi connectivity index (χ2v) is 9.74. The predicted octanol–water partition coefficient (Wildman–Crippen LogP) is 9.93. The van der Waals surface area contributed by atoms with Gasteiger partial charge in [0.05, 0.1) is 0 Å². The first-order valence-electron chi connectivity index (χ1n) is 12.9. The van der Waals surface area contributed by atoms with Gasteiger partial charge in [-0.2, -0.15) is 0 Å². The summed E-state index contributed by atoms with van der Waals surface area (Å²) < 4.78 is 0. The Balaban J connectivity index is 1.51. The van der Waals surface area contributed by atoms with Crippen molar-refractivity contribution in [3.8, 4) is 55.6 Å². The fourth-order valence-corrected chi connectivity index (χ4v) is 5.69. The van der Waals surface area contributed by atoms with Crippen LogP contribution in [0.25, 0.3) is 55.6 Å². The van der Waals surface area contributed by atoms with Crippen LogP contribution < -0.4 is 0 Å². The highest BCUT2D eigenvalue weighted by Gasteiger charge is 2.20. The summed E-state index contributed by atoms with van der Waals surface area (Å²) in [6.07, 6.45) is 0.886. The summed E-state index contributed by atoms with van der Waals surface area (Å²) in [6.45, 7) is 0. The molecule has 0 spiro atoms. The largest absolute Gasteiger partial charge is 0.0622 e. The number of hydrogen-bond acceptors (Lipinski definition) is 0. The molecule has 0 heteroatoms. The highest BCUT2D eigenvalue weighted by atomic mass is 14.2. The van der Waals surface area contributed by atoms with Crippen LogP contribution in [0.15, 0.2) is 146 Å². The van der Waals surface area contributed by atoms with Gasteiger partial charge in [0.1, 0.15) is 0 Å². The zero-order valence-electron chi connectivity index (χ0n) is 20.6. The number of rotatable bonds is 2. The molecule has 0 bridgehead atoms. The highest BCUT2D eigenvalue weighted by Crippen LogP contribution is 2.44. The number of hydrogen-bond donors (Lipinski definition) is 0. The van der Waals surface area contributed by atoms with Crippen molar-refractivity contribution in [2.45, 2.75) is 6.42 Å². The van der Waals surface area contributed by atoms with Crippen molar-refractivity contribution in [1.82, 2.24) is 0 Å². The molecule has 37 heavy (non-hydrogen) atoms. The molecule has 1 aliphatic rings. The molecule has 174 valence electrons. The van der Waals surface area contributed by atoms with Gasteiger partial charge >= 0.3 is 0 Å². The number of benzene rings is 6. The van der Waals surface area contributed by atoms with Crippen LogP contribution >= 0.6 is 0 Å². The third-order valence-electron chi connectivity index (χ3n) is 7.54. The van der Waals surface area contributed by atoms with Crippen molar-refractivity contribution >= 4 is 0 Å². The second kappa shape index (κ2) is 9.08. The lowest BCUT2D eigenvalue weighted by Crippen LogP contribution is -1.96. The maximum absolute atomic E-state index is 2.38. The van der Waals surface area contributed by atoms with Crippen LogP contribution in [0.5, 0.6) is 0 Å². The summed E-state index contributed by atoms with van der Waals surface area (Å²) in [7, 11) is 0. The Labute approximate surface area is 218 Å². The van der Waals surface area contributed by atoms with E-state index >= 15 is 0 Å². The van der Waals surface area contributed by atoms with Crippen molar-refractivity contribution < 1.29 is 0 Å². The maximum atomic E-state index is 2.38. The summed E-state index contributed by atoms with van der Waals surface area (Å²) in [6, 6.07) is 53.1. The van der Waals surface area contributed by atoms with E-state index in [0.29, 0.717) is 0 Å². The summed E-state index contributed by atoms with van der Waals surface area (Å²) >= 11 is 0. The second-order valence-electron chi connectivity index (χ2n) is 9.74. The molecule has 7 rings (SSSR count). The molecular weight excluding hydrogens is 444 g/mol. The highest BCUT2D eigenvalue weighted by molar-refractivity contribution is 5.95. The molecule has 0 unspecified atom stereocenters. The Morgan fingerprint density at radius 1 is 0.270 bits per heavy atom. The molecule has 0 amide bonds. The maximum Gasteiger partial charge on any atom is -0.00134 e. The minimum atomic E-state index is 0.886. The van der Waals surface area contributed by atoms with Gasteiger partial charge in [0.2, 0.25) is 0 Å². The lowest BCUT2D eigenvalue weighted by molar-refractivity contribution is 1.20. The van der Waals surface area contributed by atoms with E-state index < -0.39 is 0 Å². The van der Waals surface area contributed by atoms with Gasteiger partial charge in [-0.05, 0) is 85.3 Å². The summed E-state index contributed by atoms with van der Waals surface area (Å²) in [5.41, 5.74) is 15.5. The van der Waals surface area contributed by atoms with E-state index in [0.717, 1.165) is 6.42 Å². The Kier molecular flexibility index (Phi) is 5.30. The molecule has 0 fully saturated rings. The van der Waals surface area contributed by atoms with E-state index in [4.69, 9.17) is 0 Å². The summed E-state index contributed by atoms with van der Waals surface area (Å²) in [4.78, 5) is 0. The summed E-state index contributed by atoms with van der Waals surface area (Å²) in [5, 5.41) is 0. The Bertz CT molecular complexity index is 1600. The average Bonchev–Trinajstić information content (AvgIpc) is 3.03. The van der Waals surface area contributed by atoms with Crippen molar-refractivity contribution in [3.63, 3.8) is 0 Å². The first-order chi connectivity index (χ1) is 18.3. The SMILES string of the molecule is c1ccc(-c2ccc3c(c2)-c2ccccc2-c2ccccc2-c2cc(-c4ccccc4)ccc2C3)cc1. The lowest BCUT2D eigenvalue weighted by atomic mass is 9.88. The van der Waals surface area contributed by atoms with Gasteiger partial charge in [-0.1, -0.05) is 133 Å². The molecule has 0 saturated carbocycles. The van der Waals surface area contributed by atoms with Crippen molar-refractivity contribution in [2.24, 2.45) is 0 Å². The first kappa shape index (κ1) is 21.6. The van der Waals surface area contributed by atoms with Gasteiger partial charge in [0.25, 0.3) is 0 Å². The predicted molar refractivity (Wildman–Crippen MR) is 156 cm³/mol. The van der Waals surface area contributed by atoms with Crippen LogP contribution in [0.4, 0.5) is 0 Å². The molecule has 0 aliphatic heterocycles. The molecule has 0 radical (unpaired) electrons. The van der Waals surface area contributed by atoms with Gasteiger partial charge in [-0.3, -0.25) is 0 Å². The van der Waals surface area contributed by atoms with Crippen molar-refractivity contribution in [1.29, 1.82) is 0 Å². The summed E-state index contributed by atoms with van der Waals surface area (Å²) in [5.74, 6) is 0. The van der Waals surface area contributed by atoms with E-state index in [1.54, 1.807) is 0 Å². The van der Waals surface area contributed by atoms with Gasteiger partial charge < -0.3 is 0 Å². The van der Waals surface area contributed by atoms with E-state index in [-0.39, 0.29) is 0 Å². The van der Waals surface area contributed by atoms with E-state index in [9.17, 15) is 0 Å². The minimum absolute atomic E-state index is 0.886. The molecule has 0 nitrogen and oxygen atoms in total. The fraction of sp³-hybridized carbons (Fsp3) is 0.0270. The Morgan fingerprint density at radius 3 is 1.03 bits per heavy atom. The lowest BCUT2D eigenvalue weighted by Gasteiger charge is -2.16. The first-order valence-corrected chi connectivity index (χ1v) is 12.9. The quantitative estimate of drug-likeness (QED) is 0.236. The fourth-order valence-electron chi connectivity index (χ4n) is 5.69. The molecule has 6 aromatic carbocycles. The molecule has 0 heterocycles. The van der Waals surface area contributed by atoms with Crippen LogP contribution in [0, 0.1) is 0 Å². The molecule has 0 saturated heterocycles. The molecule has 1 aliphatic carbocycles. The minimum Gasteiger partial charge on any atom is -0.0622 e. The topological polar surface area (TPSA) is 0 Å². The van der Waals surface area contributed by atoms with Crippen LogP contribution in [-0.4, -0.2) is 0 Å². The van der Waals surface area contributed by atoms with E-state index in [2.05, 4.69) is 146 Å². The Morgan fingerprint density at radius 2 is 0.622 bits per heavy atom. The van der Waals surface area contributed by atoms with Crippen molar-refractivity contribution in [2.75, 3.05) is 0 Å². The van der Waals surface area contributed by atoms with Crippen molar-refractivity contribution in [3.05, 3.63) is 157 Å². The van der Waals surface area contributed by atoms with Gasteiger partial charge in [-0.25, -0.2) is 0 Å². The molecular formula is C37H26. The van der Waals surface area contributed by atoms with Gasteiger partial charge in [-0.15, -0.1) is 0 Å². The Hall–Kier alpha value is -4.68. The van der Waals surface area contributed by atoms with Gasteiger partial charge in [0.15, 0.2) is 0 Å². The molecule has 0 aromatic heterocycles. The van der Waals surface area contributed by atoms with Crippen LogP contribution in [-0.2, 0) is 6.42 Å². The van der Waals surface area contributed by atoms with Crippen LogP contribution in [0.2, 0.25) is 0 Å². The normalized spacial score (nSPS) is 11.7. The number of fused-ring (bicyclic) bond motifs is 7. The monoisotopic (exact) mass is 470 g/mol. The standard InChI is InChI=1S/C37H26/c1-3-11-26(12-4-1)28-19-21-30-23-31-22-20-29(27-13-5-2-6-14-27)25-37(31)35-18-10-8-16-33(35)32-15-7-9-17-34(32)36(30)24-28/h1-22,24-25H,23H2. The molecule has 0 atom stereocenters. The molecule has 0 N–H and O–H groups in total. The third-order valence-corrected chi connectivity index (χ3v) is 7.54. The zero-order valence-corrected chi connectivity index (χ0v) is 20.6. The smallest absolute Gasteiger partial charge is 0.00134 e. The average molecular weight is 471 g/mol. The zero-order chi connectivity index (χ0) is 24.6. The molecule has 6 aromatic rings. The third kappa shape index (κ3) is 3.88. The van der Waals surface area contributed by atoms with Crippen LogP contribution in [0.3, 0.4) is 0 Å². The van der Waals surface area contributed by atoms with Gasteiger partial charge in [0, 0.05) is 0 Å². The van der Waals surface area contributed by atoms with E-state index in [1.807, 2.05) is 0 Å². The van der Waals surface area contributed by atoms with Crippen LogP contribution in [0.1, 0.15) is 11.1 Å². The van der Waals surface area contributed by atoms with E-state index in [1.165, 1.54) is 66.8 Å².